The van der Waals surface area contributed by atoms with Crippen LogP contribution in [0.15, 0.2) is 12.1 Å². The van der Waals surface area contributed by atoms with E-state index in [1.165, 1.54) is 13.0 Å². The predicted molar refractivity (Wildman–Crippen MR) is 68.4 cm³/mol. The molecular formula is C12H17F3N4O. The third-order valence-corrected chi connectivity index (χ3v) is 2.37. The molecular weight excluding hydrogens is 273 g/mol. The smallest absolute Gasteiger partial charge is 0.369 e. The van der Waals surface area contributed by atoms with E-state index in [4.69, 9.17) is 0 Å². The minimum atomic E-state index is -4.31. The van der Waals surface area contributed by atoms with Gasteiger partial charge < -0.3 is 10.6 Å². The summed E-state index contributed by atoms with van der Waals surface area (Å²) in [6.07, 6.45) is -4.48. The van der Waals surface area contributed by atoms with Crippen LogP contribution in [0.3, 0.4) is 0 Å². The Morgan fingerprint density at radius 2 is 2.05 bits per heavy atom. The average molecular weight is 290 g/mol. The number of alkyl halides is 3. The van der Waals surface area contributed by atoms with Crippen molar-refractivity contribution < 1.29 is 18.0 Å². The lowest BCUT2D eigenvalue weighted by atomic mass is 10.2. The van der Waals surface area contributed by atoms with Gasteiger partial charge in [-0.2, -0.15) is 13.2 Å². The van der Waals surface area contributed by atoms with Crippen molar-refractivity contribution in [3.63, 3.8) is 0 Å². The molecule has 0 aliphatic heterocycles. The molecule has 1 aromatic heterocycles. The molecule has 1 amide bonds. The molecule has 5 nitrogen and oxygen atoms in total. The van der Waals surface area contributed by atoms with E-state index >= 15 is 0 Å². The number of halogens is 3. The number of anilines is 1. The van der Waals surface area contributed by atoms with E-state index in [9.17, 15) is 18.0 Å². The van der Waals surface area contributed by atoms with E-state index in [2.05, 4.69) is 20.8 Å². The molecule has 1 heterocycles. The van der Waals surface area contributed by atoms with Crippen LogP contribution >= 0.6 is 0 Å². The third-order valence-electron chi connectivity index (χ3n) is 2.37. The molecule has 0 saturated heterocycles. The Labute approximate surface area is 115 Å². The van der Waals surface area contributed by atoms with Crippen LogP contribution < -0.4 is 10.6 Å². The number of hydrogen-bond acceptors (Lipinski definition) is 4. The van der Waals surface area contributed by atoms with E-state index in [1.54, 1.807) is 6.07 Å². The highest BCUT2D eigenvalue weighted by molar-refractivity contribution is 5.92. The van der Waals surface area contributed by atoms with E-state index in [-0.39, 0.29) is 5.69 Å². The summed E-state index contributed by atoms with van der Waals surface area (Å²) < 4.78 is 36.4. The van der Waals surface area contributed by atoms with Crippen molar-refractivity contribution in [2.75, 3.05) is 11.9 Å². The molecule has 8 heteroatoms. The summed E-state index contributed by atoms with van der Waals surface area (Å²) in [4.78, 5) is 11.7. The third kappa shape index (κ3) is 5.85. The molecule has 0 spiro atoms. The number of carbonyl (C=O) groups is 1. The fourth-order valence-corrected chi connectivity index (χ4v) is 1.50. The molecule has 0 bridgehead atoms. The van der Waals surface area contributed by atoms with Crippen molar-refractivity contribution in [2.45, 2.75) is 38.9 Å². The monoisotopic (exact) mass is 290 g/mol. The molecule has 0 aromatic carbocycles. The van der Waals surface area contributed by atoms with Crippen LogP contribution in [0.2, 0.25) is 0 Å². The van der Waals surface area contributed by atoms with Gasteiger partial charge in [0.1, 0.15) is 5.82 Å². The Hall–Kier alpha value is -1.86. The Bertz CT molecular complexity index is 433. The van der Waals surface area contributed by atoms with Crippen molar-refractivity contribution in [1.82, 2.24) is 15.5 Å². The number of amides is 1. The number of nitrogens with zero attached hydrogens (tertiary/aromatic N) is 2. The van der Waals surface area contributed by atoms with Crippen LogP contribution in [-0.2, 0) is 0 Å². The fraction of sp³-hybridized carbons (Fsp3) is 0.583. The van der Waals surface area contributed by atoms with Crippen LogP contribution in [-0.4, -0.2) is 34.9 Å². The minimum absolute atomic E-state index is 0.0129. The van der Waals surface area contributed by atoms with Crippen molar-refractivity contribution >= 4 is 11.7 Å². The number of carbonyl (C=O) groups excluding carboxylic acids is 1. The van der Waals surface area contributed by atoms with Gasteiger partial charge >= 0.3 is 6.18 Å². The summed E-state index contributed by atoms with van der Waals surface area (Å²) in [5.41, 5.74) is -0.0129. The molecule has 0 aliphatic carbocycles. The normalized spacial score (nSPS) is 12.8. The van der Waals surface area contributed by atoms with Crippen molar-refractivity contribution in [2.24, 2.45) is 0 Å². The van der Waals surface area contributed by atoms with Gasteiger partial charge in [0.2, 0.25) is 0 Å². The Morgan fingerprint density at radius 1 is 1.35 bits per heavy atom. The maximum Gasteiger partial charge on any atom is 0.391 e. The lowest BCUT2D eigenvalue weighted by Gasteiger charge is -2.15. The zero-order valence-electron chi connectivity index (χ0n) is 11.3. The zero-order chi connectivity index (χ0) is 15.2. The van der Waals surface area contributed by atoms with Crippen LogP contribution in [0, 0.1) is 0 Å². The van der Waals surface area contributed by atoms with Crippen LogP contribution in [0.5, 0.6) is 0 Å². The number of nitrogens with one attached hydrogen (secondary N) is 2. The largest absolute Gasteiger partial charge is 0.391 e. The number of hydrogen-bond donors (Lipinski definition) is 2. The first-order valence-corrected chi connectivity index (χ1v) is 6.27. The summed E-state index contributed by atoms with van der Waals surface area (Å²) in [7, 11) is 0. The summed E-state index contributed by atoms with van der Waals surface area (Å²) >= 11 is 0. The highest BCUT2D eigenvalue weighted by atomic mass is 19.4. The lowest BCUT2D eigenvalue weighted by Crippen LogP contribution is -2.36. The van der Waals surface area contributed by atoms with E-state index < -0.39 is 24.5 Å². The van der Waals surface area contributed by atoms with Gasteiger partial charge in [0, 0.05) is 12.6 Å². The molecule has 0 aliphatic rings. The maximum atomic E-state index is 12.1. The van der Waals surface area contributed by atoms with Crippen molar-refractivity contribution in [1.29, 1.82) is 0 Å². The highest BCUT2D eigenvalue weighted by Crippen LogP contribution is 2.21. The maximum absolute atomic E-state index is 12.1. The van der Waals surface area contributed by atoms with Gasteiger partial charge in [-0.25, -0.2) is 0 Å². The number of rotatable bonds is 6. The molecule has 2 N–H and O–H groups in total. The molecule has 1 unspecified atom stereocenters. The van der Waals surface area contributed by atoms with E-state index in [1.807, 2.05) is 6.92 Å². The second-order valence-corrected chi connectivity index (χ2v) is 4.42. The van der Waals surface area contributed by atoms with Gasteiger partial charge in [0.25, 0.3) is 5.91 Å². The highest BCUT2D eigenvalue weighted by Gasteiger charge is 2.30. The summed E-state index contributed by atoms with van der Waals surface area (Å²) in [5.74, 6) is -0.150. The summed E-state index contributed by atoms with van der Waals surface area (Å²) in [6.45, 7) is 4.00. The topological polar surface area (TPSA) is 66.9 Å². The van der Waals surface area contributed by atoms with Gasteiger partial charge in [0.15, 0.2) is 5.69 Å². The molecule has 1 rings (SSSR count). The molecule has 0 radical (unpaired) electrons. The molecule has 20 heavy (non-hydrogen) atoms. The summed E-state index contributed by atoms with van der Waals surface area (Å²) in [6, 6.07) is 1.97. The van der Waals surface area contributed by atoms with Gasteiger partial charge in [-0.1, -0.05) is 6.92 Å². The van der Waals surface area contributed by atoms with Crippen LogP contribution in [0.4, 0.5) is 19.0 Å². The van der Waals surface area contributed by atoms with Crippen molar-refractivity contribution in [3.8, 4) is 0 Å². The zero-order valence-corrected chi connectivity index (χ0v) is 11.3. The van der Waals surface area contributed by atoms with Crippen molar-refractivity contribution in [3.05, 3.63) is 17.8 Å². The van der Waals surface area contributed by atoms with Crippen LogP contribution in [0.1, 0.15) is 37.2 Å². The molecule has 0 saturated carbocycles. The van der Waals surface area contributed by atoms with Crippen LogP contribution in [0.25, 0.3) is 0 Å². The van der Waals surface area contributed by atoms with Gasteiger partial charge in [-0.05, 0) is 25.5 Å². The SMILES string of the molecule is CCCNc1ccc(C(=O)NC(C)CC(F)(F)F)nn1. The number of aromatic nitrogens is 2. The summed E-state index contributed by atoms with van der Waals surface area (Å²) in [5, 5.41) is 12.7. The van der Waals surface area contributed by atoms with Gasteiger partial charge in [-0.3, -0.25) is 4.79 Å². The molecule has 0 fully saturated rings. The standard InChI is InChI=1S/C12H17F3N4O/c1-3-6-16-10-5-4-9(18-19-10)11(20)17-8(2)7-12(13,14)15/h4-5,8H,3,6-7H2,1-2H3,(H,16,19)(H,17,20). The quantitative estimate of drug-likeness (QED) is 0.844. The predicted octanol–water partition coefficient (Wildman–Crippen LogP) is 2.37. The van der Waals surface area contributed by atoms with Gasteiger partial charge in [0.05, 0.1) is 6.42 Å². The minimum Gasteiger partial charge on any atom is -0.369 e. The lowest BCUT2D eigenvalue weighted by molar-refractivity contribution is -0.138. The Morgan fingerprint density at radius 3 is 2.55 bits per heavy atom. The first-order chi connectivity index (χ1) is 9.31. The molecule has 112 valence electrons. The van der Waals surface area contributed by atoms with Gasteiger partial charge in [-0.15, -0.1) is 10.2 Å². The molecule has 1 atom stereocenters. The Kier molecular flexibility index (Phi) is 5.72. The van der Waals surface area contributed by atoms with E-state index in [0.29, 0.717) is 5.82 Å². The first kappa shape index (κ1) is 16.2. The second-order valence-electron chi connectivity index (χ2n) is 4.42. The first-order valence-electron chi connectivity index (χ1n) is 6.27. The average Bonchev–Trinajstić information content (AvgIpc) is 2.34. The fourth-order valence-electron chi connectivity index (χ4n) is 1.50. The molecule has 1 aromatic rings. The van der Waals surface area contributed by atoms with E-state index in [0.717, 1.165) is 13.0 Å². The second kappa shape index (κ2) is 7.06. The Balaban J connectivity index is 2.55.